The number of thiocarbonyl (C=S) groups is 1. The van der Waals surface area contributed by atoms with Gasteiger partial charge in [0.05, 0.1) is 36.7 Å². The Morgan fingerprint density at radius 3 is 2.57 bits per heavy atom. The highest BCUT2D eigenvalue weighted by atomic mass is 35.5. The Kier molecular flexibility index (Phi) is 6.56. The molecule has 2 aromatic heterocycles. The van der Waals surface area contributed by atoms with Crippen molar-refractivity contribution in [2.24, 2.45) is 0 Å². The molecule has 35 heavy (non-hydrogen) atoms. The summed E-state index contributed by atoms with van der Waals surface area (Å²) in [4.78, 5) is 6.56. The lowest BCUT2D eigenvalue weighted by Crippen LogP contribution is -2.29. The van der Waals surface area contributed by atoms with Crippen LogP contribution in [0.5, 0.6) is 11.5 Å². The Morgan fingerprint density at radius 2 is 1.86 bits per heavy atom. The van der Waals surface area contributed by atoms with Crippen molar-refractivity contribution in [3.63, 3.8) is 0 Å². The van der Waals surface area contributed by atoms with E-state index in [4.69, 9.17) is 49.3 Å². The second kappa shape index (κ2) is 9.77. The molecule has 0 amide bonds. The van der Waals surface area contributed by atoms with Gasteiger partial charge in [0.25, 0.3) is 0 Å². The zero-order valence-corrected chi connectivity index (χ0v) is 21.2. The van der Waals surface area contributed by atoms with Crippen LogP contribution in [0.25, 0.3) is 11.3 Å². The fraction of sp³-hybridized carbons (Fsp3) is 0.154. The molecule has 1 fully saturated rings. The molecule has 178 valence electrons. The second-order valence-electron chi connectivity index (χ2n) is 7.86. The molecule has 9 heteroatoms. The monoisotopic (exact) mass is 525 g/mol. The molecule has 1 N–H and O–H groups in total. The first kappa shape index (κ1) is 23.5. The molecule has 3 heterocycles. The van der Waals surface area contributed by atoms with Gasteiger partial charge in [-0.2, -0.15) is 0 Å². The van der Waals surface area contributed by atoms with Gasteiger partial charge in [0.2, 0.25) is 0 Å². The van der Waals surface area contributed by atoms with Gasteiger partial charge in [-0.05, 0) is 66.8 Å². The summed E-state index contributed by atoms with van der Waals surface area (Å²) in [5, 5.41) is 5.00. The Labute approximate surface area is 218 Å². The van der Waals surface area contributed by atoms with Gasteiger partial charge in [-0.1, -0.05) is 29.3 Å². The SMILES string of the molecule is COc1ccc(OC)c(N2C(=S)NC(c3ccccn3)C2c2ccc(-c3ccc(Cl)cc3Cl)o2)c1. The number of hydrogen-bond acceptors (Lipinski definition) is 5. The van der Waals surface area contributed by atoms with Gasteiger partial charge in [-0.25, -0.2) is 0 Å². The second-order valence-corrected chi connectivity index (χ2v) is 9.09. The number of pyridine rings is 1. The van der Waals surface area contributed by atoms with E-state index in [0.717, 1.165) is 16.9 Å². The summed E-state index contributed by atoms with van der Waals surface area (Å²) in [6, 6.07) is 19.8. The summed E-state index contributed by atoms with van der Waals surface area (Å²) in [5.74, 6) is 2.63. The van der Waals surface area contributed by atoms with Crippen molar-refractivity contribution in [2.75, 3.05) is 19.1 Å². The number of methoxy groups -OCH3 is 2. The minimum atomic E-state index is -0.363. The predicted molar refractivity (Wildman–Crippen MR) is 142 cm³/mol. The van der Waals surface area contributed by atoms with E-state index in [1.807, 2.05) is 59.5 Å². The van der Waals surface area contributed by atoms with Crippen molar-refractivity contribution < 1.29 is 13.9 Å². The van der Waals surface area contributed by atoms with Gasteiger partial charge in [0.15, 0.2) is 5.11 Å². The Hall–Kier alpha value is -3.26. The zero-order chi connectivity index (χ0) is 24.5. The molecule has 2 atom stereocenters. The molecular formula is C26H21Cl2N3O3S. The highest BCUT2D eigenvalue weighted by Crippen LogP contribution is 2.46. The molecule has 2 unspecified atom stereocenters. The van der Waals surface area contributed by atoms with Crippen LogP contribution in [0.1, 0.15) is 23.5 Å². The Morgan fingerprint density at radius 1 is 1.00 bits per heavy atom. The van der Waals surface area contributed by atoms with Gasteiger partial charge >= 0.3 is 0 Å². The van der Waals surface area contributed by atoms with Crippen LogP contribution in [0.2, 0.25) is 10.0 Å². The number of halogens is 2. The molecular weight excluding hydrogens is 505 g/mol. The highest BCUT2D eigenvalue weighted by Gasteiger charge is 2.43. The topological polar surface area (TPSA) is 59.8 Å². The van der Waals surface area contributed by atoms with Crippen molar-refractivity contribution in [1.29, 1.82) is 0 Å². The summed E-state index contributed by atoms with van der Waals surface area (Å²) in [6.45, 7) is 0. The van der Waals surface area contributed by atoms with E-state index < -0.39 is 0 Å². The molecule has 0 radical (unpaired) electrons. The van der Waals surface area contributed by atoms with Gasteiger partial charge in [0, 0.05) is 22.8 Å². The largest absolute Gasteiger partial charge is 0.497 e. The van der Waals surface area contributed by atoms with E-state index in [2.05, 4.69) is 10.3 Å². The quantitative estimate of drug-likeness (QED) is 0.276. The zero-order valence-electron chi connectivity index (χ0n) is 18.9. The van der Waals surface area contributed by atoms with E-state index in [9.17, 15) is 0 Å². The van der Waals surface area contributed by atoms with E-state index in [-0.39, 0.29) is 12.1 Å². The lowest BCUT2D eigenvalue weighted by Gasteiger charge is -2.27. The van der Waals surface area contributed by atoms with Crippen LogP contribution < -0.4 is 19.7 Å². The van der Waals surface area contributed by atoms with E-state index in [0.29, 0.717) is 38.2 Å². The Bertz CT molecular complexity index is 1380. The summed E-state index contributed by atoms with van der Waals surface area (Å²) in [7, 11) is 3.24. The molecule has 6 nitrogen and oxygen atoms in total. The lowest BCUT2D eigenvalue weighted by molar-refractivity contribution is 0.400. The van der Waals surface area contributed by atoms with E-state index in [1.165, 1.54) is 0 Å². The number of ether oxygens (including phenoxy) is 2. The summed E-state index contributed by atoms with van der Waals surface area (Å²) < 4.78 is 17.5. The number of furan rings is 1. The summed E-state index contributed by atoms with van der Waals surface area (Å²) >= 11 is 18.3. The third-order valence-electron chi connectivity index (χ3n) is 5.86. The van der Waals surface area contributed by atoms with Crippen molar-refractivity contribution in [1.82, 2.24) is 10.3 Å². The van der Waals surface area contributed by atoms with Crippen molar-refractivity contribution in [3.05, 3.63) is 94.4 Å². The standard InChI is InChI=1S/C26H21Cl2N3O3S/c1-32-16-7-9-22(33-2)20(14-16)31-25(24(30-26(31)35)19-5-3-4-12-29-19)23-11-10-21(34-23)17-8-6-15(27)13-18(17)28/h3-14,24-25H,1-2H3,(H,30,35). The van der Waals surface area contributed by atoms with Crippen LogP contribution in [-0.4, -0.2) is 24.3 Å². The maximum Gasteiger partial charge on any atom is 0.174 e. The summed E-state index contributed by atoms with van der Waals surface area (Å²) in [5.41, 5.74) is 2.32. The van der Waals surface area contributed by atoms with Crippen LogP contribution in [0.3, 0.4) is 0 Å². The van der Waals surface area contributed by atoms with Crippen LogP contribution in [0.15, 0.2) is 77.3 Å². The average molecular weight is 526 g/mol. The molecule has 4 aromatic rings. The predicted octanol–water partition coefficient (Wildman–Crippen LogP) is 6.84. The number of hydrogen-bond donors (Lipinski definition) is 1. The molecule has 5 rings (SSSR count). The number of nitrogens with zero attached hydrogens (tertiary/aromatic N) is 2. The molecule has 0 saturated carbocycles. The lowest BCUT2D eigenvalue weighted by atomic mass is 10.0. The third kappa shape index (κ3) is 4.43. The smallest absolute Gasteiger partial charge is 0.174 e. The van der Waals surface area contributed by atoms with Crippen LogP contribution in [0.4, 0.5) is 5.69 Å². The maximum atomic E-state index is 6.45. The highest BCUT2D eigenvalue weighted by molar-refractivity contribution is 7.80. The number of anilines is 1. The van der Waals surface area contributed by atoms with Crippen LogP contribution in [-0.2, 0) is 0 Å². The molecule has 0 spiro atoms. The van der Waals surface area contributed by atoms with Crippen molar-refractivity contribution in [2.45, 2.75) is 12.1 Å². The fourth-order valence-corrected chi connectivity index (χ4v) is 5.07. The van der Waals surface area contributed by atoms with Crippen molar-refractivity contribution in [3.8, 4) is 22.8 Å². The first-order valence-electron chi connectivity index (χ1n) is 10.8. The van der Waals surface area contributed by atoms with E-state index >= 15 is 0 Å². The summed E-state index contributed by atoms with van der Waals surface area (Å²) in [6.07, 6.45) is 1.76. The third-order valence-corrected chi connectivity index (χ3v) is 6.72. The first-order valence-corrected chi connectivity index (χ1v) is 11.9. The first-order chi connectivity index (χ1) is 17.0. The number of nitrogens with one attached hydrogen (secondary N) is 1. The molecule has 2 aromatic carbocycles. The van der Waals surface area contributed by atoms with Crippen molar-refractivity contribution >= 4 is 46.2 Å². The molecule has 0 aliphatic carbocycles. The van der Waals surface area contributed by atoms with Gasteiger partial charge in [0.1, 0.15) is 29.1 Å². The molecule has 0 bridgehead atoms. The van der Waals surface area contributed by atoms with Crippen LogP contribution >= 0.6 is 35.4 Å². The maximum absolute atomic E-state index is 6.45. The average Bonchev–Trinajstić information content (AvgIpc) is 3.48. The molecule has 1 saturated heterocycles. The van der Waals surface area contributed by atoms with E-state index in [1.54, 1.807) is 32.5 Å². The van der Waals surface area contributed by atoms with Gasteiger partial charge in [-0.3, -0.25) is 4.98 Å². The minimum absolute atomic E-state index is 0.278. The fourth-order valence-electron chi connectivity index (χ4n) is 4.23. The number of benzene rings is 2. The Balaban J connectivity index is 1.65. The van der Waals surface area contributed by atoms with Crippen LogP contribution in [0, 0.1) is 0 Å². The van der Waals surface area contributed by atoms with Gasteiger partial charge < -0.3 is 24.1 Å². The van der Waals surface area contributed by atoms with Gasteiger partial charge in [-0.15, -0.1) is 0 Å². The normalized spacial score (nSPS) is 17.4. The minimum Gasteiger partial charge on any atom is -0.497 e. The molecule has 1 aliphatic heterocycles. The number of rotatable bonds is 6. The molecule has 1 aliphatic rings. The number of aromatic nitrogens is 1.